The van der Waals surface area contributed by atoms with E-state index in [1.165, 1.54) is 31.4 Å². The maximum absolute atomic E-state index is 13.7. The quantitative estimate of drug-likeness (QED) is 0.336. The predicted octanol–water partition coefficient (Wildman–Crippen LogP) is 5.67. The van der Waals surface area contributed by atoms with Gasteiger partial charge < -0.3 is 14.4 Å². The molecule has 2 aromatic carbocycles. The van der Waals surface area contributed by atoms with Gasteiger partial charge in [-0.25, -0.2) is 14.4 Å². The number of benzene rings is 2. The van der Waals surface area contributed by atoms with Crippen LogP contribution in [0.3, 0.4) is 0 Å². The Morgan fingerprint density at radius 1 is 1.06 bits per heavy atom. The minimum atomic E-state index is -0.339. The number of thiazole rings is 1. The molecule has 1 fully saturated rings. The Kier molecular flexibility index (Phi) is 6.90. The number of amides is 1. The Morgan fingerprint density at radius 3 is 2.54 bits per heavy atom. The Bertz CT molecular complexity index is 1280. The summed E-state index contributed by atoms with van der Waals surface area (Å²) >= 11 is 1.61. The molecule has 0 N–H and O–H groups in total. The summed E-state index contributed by atoms with van der Waals surface area (Å²) < 4.78 is 15.6. The van der Waals surface area contributed by atoms with E-state index in [-0.39, 0.29) is 11.7 Å². The van der Waals surface area contributed by atoms with Crippen molar-refractivity contribution in [2.45, 2.75) is 39.3 Å². The lowest BCUT2D eigenvalue weighted by atomic mass is 10.1. The molecule has 4 aromatic rings. The van der Waals surface area contributed by atoms with E-state index in [9.17, 15) is 9.18 Å². The minimum Gasteiger partial charge on any atom is -0.348 e. The molecule has 0 bridgehead atoms. The number of rotatable bonds is 7. The van der Waals surface area contributed by atoms with E-state index in [4.69, 9.17) is 0 Å². The van der Waals surface area contributed by atoms with Crippen LogP contribution in [0.2, 0.25) is 0 Å². The molecule has 0 saturated carbocycles. The molecule has 0 unspecified atom stereocenters. The molecule has 0 spiro atoms. The lowest BCUT2D eigenvalue weighted by Gasteiger charge is -2.26. The SMILES string of the molecule is Cc1nc(C(=O)N(Cc2cnc(N3CCCCC3)s2)c2ccc(F)cc2)cn1Cc1ccccc1. The van der Waals surface area contributed by atoms with Crippen LogP contribution < -0.4 is 9.80 Å². The topological polar surface area (TPSA) is 54.3 Å². The van der Waals surface area contributed by atoms with Gasteiger partial charge in [-0.3, -0.25) is 4.79 Å². The Morgan fingerprint density at radius 2 is 1.80 bits per heavy atom. The van der Waals surface area contributed by atoms with E-state index in [1.54, 1.807) is 34.6 Å². The number of hydrogen-bond donors (Lipinski definition) is 0. The van der Waals surface area contributed by atoms with Crippen LogP contribution in [0.4, 0.5) is 15.2 Å². The highest BCUT2D eigenvalue weighted by Crippen LogP contribution is 2.28. The second-order valence-corrected chi connectivity index (χ2v) is 9.91. The van der Waals surface area contributed by atoms with Gasteiger partial charge in [-0.15, -0.1) is 11.3 Å². The number of halogens is 1. The van der Waals surface area contributed by atoms with Crippen molar-refractivity contribution in [3.63, 3.8) is 0 Å². The molecule has 1 saturated heterocycles. The third-order valence-corrected chi connectivity index (χ3v) is 7.30. The zero-order valence-electron chi connectivity index (χ0n) is 19.7. The van der Waals surface area contributed by atoms with Gasteiger partial charge in [-0.2, -0.15) is 0 Å². The zero-order chi connectivity index (χ0) is 24.2. The number of piperidine rings is 1. The maximum atomic E-state index is 13.7. The van der Waals surface area contributed by atoms with Crippen molar-refractivity contribution in [1.82, 2.24) is 14.5 Å². The molecule has 3 heterocycles. The lowest BCUT2D eigenvalue weighted by Crippen LogP contribution is -2.30. The minimum absolute atomic E-state index is 0.223. The highest BCUT2D eigenvalue weighted by atomic mass is 32.1. The van der Waals surface area contributed by atoms with Crippen LogP contribution in [0.15, 0.2) is 67.0 Å². The summed E-state index contributed by atoms with van der Waals surface area (Å²) in [7, 11) is 0. The van der Waals surface area contributed by atoms with Crippen molar-refractivity contribution in [2.75, 3.05) is 22.9 Å². The van der Waals surface area contributed by atoms with Crippen LogP contribution in [-0.4, -0.2) is 33.5 Å². The lowest BCUT2D eigenvalue weighted by molar-refractivity contribution is 0.0981. The number of carbonyl (C=O) groups excluding carboxylic acids is 1. The van der Waals surface area contributed by atoms with E-state index in [0.29, 0.717) is 24.5 Å². The average molecular weight is 490 g/mol. The Balaban J connectivity index is 1.40. The van der Waals surface area contributed by atoms with E-state index in [2.05, 4.69) is 27.0 Å². The third kappa shape index (κ3) is 5.43. The van der Waals surface area contributed by atoms with Crippen LogP contribution >= 0.6 is 11.3 Å². The smallest absolute Gasteiger partial charge is 0.278 e. The normalized spacial score (nSPS) is 13.7. The van der Waals surface area contributed by atoms with Gasteiger partial charge in [0.25, 0.3) is 5.91 Å². The van der Waals surface area contributed by atoms with Gasteiger partial charge in [0.2, 0.25) is 0 Å². The van der Waals surface area contributed by atoms with Crippen molar-refractivity contribution in [2.24, 2.45) is 0 Å². The van der Waals surface area contributed by atoms with Crippen molar-refractivity contribution in [3.05, 3.63) is 94.8 Å². The monoisotopic (exact) mass is 489 g/mol. The number of hydrogen-bond acceptors (Lipinski definition) is 5. The number of nitrogens with zero attached hydrogens (tertiary/aromatic N) is 5. The number of aryl methyl sites for hydroxylation is 1. The summed E-state index contributed by atoms with van der Waals surface area (Å²) in [5.74, 6) is 0.204. The van der Waals surface area contributed by atoms with Gasteiger partial charge in [0.05, 0.1) is 6.54 Å². The first kappa shape index (κ1) is 23.2. The van der Waals surface area contributed by atoms with Crippen LogP contribution in [0.25, 0.3) is 0 Å². The number of imidazole rings is 1. The molecule has 6 nitrogen and oxygen atoms in total. The van der Waals surface area contributed by atoms with E-state index < -0.39 is 0 Å². The first-order valence-electron chi connectivity index (χ1n) is 11.9. The first-order valence-corrected chi connectivity index (χ1v) is 12.7. The highest BCUT2D eigenvalue weighted by molar-refractivity contribution is 7.15. The molecule has 1 aliphatic heterocycles. The van der Waals surface area contributed by atoms with Crippen LogP contribution in [0.1, 0.15) is 46.0 Å². The predicted molar refractivity (Wildman–Crippen MR) is 138 cm³/mol. The molecular weight excluding hydrogens is 461 g/mol. The van der Waals surface area contributed by atoms with Crippen molar-refractivity contribution >= 4 is 28.1 Å². The fraction of sp³-hybridized carbons (Fsp3) is 0.296. The molecule has 1 amide bonds. The van der Waals surface area contributed by atoms with Gasteiger partial charge in [0.1, 0.15) is 17.3 Å². The van der Waals surface area contributed by atoms with Gasteiger partial charge in [0, 0.05) is 42.6 Å². The fourth-order valence-electron chi connectivity index (χ4n) is 4.35. The maximum Gasteiger partial charge on any atom is 0.278 e. The molecule has 0 aliphatic carbocycles. The van der Waals surface area contributed by atoms with Crippen molar-refractivity contribution in [1.29, 1.82) is 0 Å². The highest BCUT2D eigenvalue weighted by Gasteiger charge is 2.23. The third-order valence-electron chi connectivity index (χ3n) is 6.26. The number of aromatic nitrogens is 3. The Labute approximate surface area is 208 Å². The van der Waals surface area contributed by atoms with E-state index >= 15 is 0 Å². The average Bonchev–Trinajstić information content (AvgIpc) is 3.51. The Hall–Kier alpha value is -3.52. The molecule has 0 radical (unpaired) electrons. The standard InChI is InChI=1S/C27H28FN5OS/c1-20-30-25(19-32(20)17-21-8-4-2-5-9-21)26(34)33(23-12-10-22(28)11-13-23)18-24-16-29-27(35-24)31-14-6-3-7-15-31/h2,4-5,8-13,16,19H,3,6-7,14-15,17-18H2,1H3. The zero-order valence-corrected chi connectivity index (χ0v) is 20.5. The number of carbonyl (C=O) groups is 1. The number of anilines is 2. The van der Waals surface area contributed by atoms with Crippen LogP contribution in [0.5, 0.6) is 0 Å². The van der Waals surface area contributed by atoms with Crippen molar-refractivity contribution < 1.29 is 9.18 Å². The fourth-order valence-corrected chi connectivity index (χ4v) is 5.30. The molecule has 1 aliphatic rings. The van der Waals surface area contributed by atoms with Gasteiger partial charge in [0.15, 0.2) is 5.13 Å². The molecule has 5 rings (SSSR count). The summed E-state index contributed by atoms with van der Waals surface area (Å²) in [4.78, 5) is 27.8. The van der Waals surface area contributed by atoms with Crippen LogP contribution in [-0.2, 0) is 13.1 Å². The van der Waals surface area contributed by atoms with E-state index in [0.717, 1.165) is 34.5 Å². The van der Waals surface area contributed by atoms with Crippen molar-refractivity contribution in [3.8, 4) is 0 Å². The summed E-state index contributed by atoms with van der Waals surface area (Å²) in [6.07, 6.45) is 7.27. The van der Waals surface area contributed by atoms with E-state index in [1.807, 2.05) is 35.9 Å². The van der Waals surface area contributed by atoms with Crippen LogP contribution in [0, 0.1) is 12.7 Å². The molecule has 8 heteroatoms. The van der Waals surface area contributed by atoms with Gasteiger partial charge >= 0.3 is 0 Å². The summed E-state index contributed by atoms with van der Waals surface area (Å²) in [5, 5.41) is 0.995. The molecule has 0 atom stereocenters. The largest absolute Gasteiger partial charge is 0.348 e. The summed E-state index contributed by atoms with van der Waals surface area (Å²) in [5.41, 5.74) is 2.13. The molecule has 180 valence electrons. The first-order chi connectivity index (χ1) is 17.1. The second-order valence-electron chi connectivity index (χ2n) is 8.81. The second kappa shape index (κ2) is 10.4. The molecular formula is C27H28FN5OS. The van der Waals surface area contributed by atoms with Gasteiger partial charge in [-0.1, -0.05) is 30.3 Å². The summed E-state index contributed by atoms with van der Waals surface area (Å²) in [6.45, 7) is 4.92. The van der Waals surface area contributed by atoms with Gasteiger partial charge in [-0.05, 0) is 56.0 Å². The molecule has 35 heavy (non-hydrogen) atoms. The summed E-state index contributed by atoms with van der Waals surface area (Å²) in [6, 6.07) is 16.1. The molecule has 2 aromatic heterocycles.